The first-order chi connectivity index (χ1) is 16.7. The summed E-state index contributed by atoms with van der Waals surface area (Å²) < 4.78 is 21.6. The van der Waals surface area contributed by atoms with Gasteiger partial charge < -0.3 is 30.0 Å². The van der Waals surface area contributed by atoms with Crippen molar-refractivity contribution < 1.29 is 22.9 Å². The molecule has 1 aliphatic heterocycles. The minimum absolute atomic E-state index is 0. The first-order valence-corrected chi connectivity index (χ1v) is 35.5. The molecule has 0 atom stereocenters. The zero-order valence-corrected chi connectivity index (χ0v) is 39.3. The van der Waals surface area contributed by atoms with Crippen LogP contribution in [0.5, 0.6) is 0 Å². The van der Waals surface area contributed by atoms with Crippen molar-refractivity contribution in [2.75, 3.05) is 50.7 Å². The quantitative estimate of drug-likeness (QED) is 0.0865. The summed E-state index contributed by atoms with van der Waals surface area (Å²) in [6.45, 7) is 2.75. The predicted molar refractivity (Wildman–Crippen MR) is 228 cm³/mol. The van der Waals surface area contributed by atoms with E-state index in [-0.39, 0.29) is 34.6 Å². The van der Waals surface area contributed by atoms with Crippen LogP contribution in [-0.2, 0) is 14.5 Å². The van der Waals surface area contributed by atoms with Gasteiger partial charge in [-0.15, -0.1) is 24.0 Å². The predicted octanol–water partition coefficient (Wildman–Crippen LogP) is 8.06. The van der Waals surface area contributed by atoms with Gasteiger partial charge in [0.2, 0.25) is 0 Å². The van der Waals surface area contributed by atoms with E-state index in [0.717, 1.165) is 31.9 Å². The third kappa shape index (κ3) is 29.5. The molecule has 1 aromatic carbocycles. The van der Waals surface area contributed by atoms with Gasteiger partial charge in [-0.2, -0.15) is 0 Å². The number of nitro groups is 1. The fraction of sp³-hybridized carbons (Fsp3) is 0.467. The van der Waals surface area contributed by atoms with E-state index >= 15 is 0 Å². The number of hydrogen-bond acceptors (Lipinski definition) is 10. The highest BCUT2D eigenvalue weighted by Gasteiger charge is 2.12. The topological polar surface area (TPSA) is 140 Å². The van der Waals surface area contributed by atoms with E-state index in [9.17, 15) is 18.5 Å². The molecule has 0 fully saturated rings. The van der Waals surface area contributed by atoms with Gasteiger partial charge in [-0.1, -0.05) is 0 Å². The van der Waals surface area contributed by atoms with Crippen molar-refractivity contribution in [1.29, 1.82) is 0 Å². The Balaban J connectivity index is -0.000000181. The molecule has 0 bridgehead atoms. The van der Waals surface area contributed by atoms with Crippen LogP contribution in [0.1, 0.15) is 6.42 Å². The van der Waals surface area contributed by atoms with Gasteiger partial charge >= 0.3 is 0 Å². The van der Waals surface area contributed by atoms with E-state index in [2.05, 4.69) is 186 Å². The summed E-state index contributed by atoms with van der Waals surface area (Å²) in [6.07, 6.45) is 5.83. The van der Waals surface area contributed by atoms with E-state index in [1.54, 1.807) is 19.2 Å². The third-order valence-corrected chi connectivity index (χ3v) is 3.72. The SMILES string of the molecule is CNc1cc(NCCCN2C=CN(C)C2)ccc1[N+](=O)[O-].CS(=O)(=O)O[O-].I.II.II.II.II. The molecular weight excluding hydrogens is 1520 g/mol. The summed E-state index contributed by atoms with van der Waals surface area (Å²) in [7, 11) is 0.0118. The molecule has 21 heteroatoms. The lowest BCUT2D eigenvalue weighted by molar-refractivity contribution is -0.634. The Bertz CT molecular complexity index is 784. The maximum atomic E-state index is 10.9. The van der Waals surface area contributed by atoms with Crippen molar-refractivity contribution in [3.8, 4) is 0 Å². The molecule has 0 saturated heterocycles. The minimum Gasteiger partial charge on any atom is -0.707 e. The lowest BCUT2D eigenvalue weighted by atomic mass is 10.2. The highest BCUT2D eigenvalue weighted by atomic mass is 128. The summed E-state index contributed by atoms with van der Waals surface area (Å²) in [5.41, 5.74) is 1.50. The fourth-order valence-corrected chi connectivity index (χ4v) is 2.25. The summed E-state index contributed by atoms with van der Waals surface area (Å²) in [6, 6.07) is 5.02. The molecule has 1 aromatic rings. The number of anilines is 2. The maximum absolute atomic E-state index is 10.9. The average Bonchev–Trinajstić information content (AvgIpc) is 3.31. The van der Waals surface area contributed by atoms with E-state index in [4.69, 9.17) is 5.26 Å². The molecule has 2 N–H and O–H groups in total. The Morgan fingerprint density at radius 2 is 1.58 bits per heavy atom. The van der Waals surface area contributed by atoms with Crippen LogP contribution in [0, 0.1) is 10.1 Å². The number of hydrogen-bond donors (Lipinski definition) is 2. The molecule has 0 amide bonds. The summed E-state index contributed by atoms with van der Waals surface area (Å²) >= 11 is 17.0. The van der Waals surface area contributed by atoms with Crippen molar-refractivity contribution >= 4 is 200 Å². The highest BCUT2D eigenvalue weighted by molar-refractivity contribution is 15.0. The van der Waals surface area contributed by atoms with E-state index in [0.29, 0.717) is 11.9 Å². The summed E-state index contributed by atoms with van der Waals surface area (Å²) in [4.78, 5) is 14.8. The molecule has 0 spiro atoms. The first kappa shape index (κ1) is 49.7. The Kier molecular flexibility index (Phi) is 48.6. The molecule has 0 aliphatic carbocycles. The van der Waals surface area contributed by atoms with Crippen molar-refractivity contribution in [2.45, 2.75) is 6.42 Å². The second-order valence-electron chi connectivity index (χ2n) is 5.80. The zero-order chi connectivity index (χ0) is 28.4. The number of nitrogens with zero attached hydrogens (tertiary/aromatic N) is 3. The molecule has 0 saturated carbocycles. The second kappa shape index (κ2) is 35.2. The van der Waals surface area contributed by atoms with Crippen LogP contribution in [0.2, 0.25) is 0 Å². The number of nitro benzene ring substituents is 1. The van der Waals surface area contributed by atoms with Crippen LogP contribution in [0.4, 0.5) is 17.1 Å². The van der Waals surface area contributed by atoms with Crippen LogP contribution in [0.25, 0.3) is 0 Å². The highest BCUT2D eigenvalue weighted by Crippen LogP contribution is 2.27. The van der Waals surface area contributed by atoms with Gasteiger partial charge in [-0.3, -0.25) is 10.1 Å². The molecule has 0 aromatic heterocycles. The zero-order valence-electron chi connectivity index (χ0n) is 18.8. The van der Waals surface area contributed by atoms with Gasteiger partial charge in [0, 0.05) is 200 Å². The van der Waals surface area contributed by atoms with Crippen LogP contribution < -0.4 is 15.9 Å². The van der Waals surface area contributed by atoms with Crippen LogP contribution >= 0.6 is 173 Å². The standard InChI is InChI=1S/C14H21N5O2.CH4O4S.4I2.HI/c1-15-13-10-12(4-5-14(13)19(20)21)16-6-3-7-18-9-8-17(2)11-18;1-6(3,4)5-2;4*1-2;/h4-5,8-10,15-16H,3,6-7,11H2,1-2H3;2H,1H3;;;;;1H/p-1. The van der Waals surface area contributed by atoms with Crippen molar-refractivity contribution in [1.82, 2.24) is 9.80 Å². The fourth-order valence-electron chi connectivity index (χ4n) is 2.25. The Morgan fingerprint density at radius 1 is 1.08 bits per heavy atom. The van der Waals surface area contributed by atoms with Gasteiger partial charge in [0.1, 0.15) is 5.69 Å². The van der Waals surface area contributed by atoms with Crippen LogP contribution in [0.15, 0.2) is 30.6 Å². The Labute approximate surface area is 323 Å². The molecule has 36 heavy (non-hydrogen) atoms. The summed E-state index contributed by atoms with van der Waals surface area (Å²) in [5, 5.41) is 25.9. The number of nitrogens with one attached hydrogen (secondary N) is 2. The number of benzene rings is 1. The lowest BCUT2D eigenvalue weighted by Gasteiger charge is -2.18. The van der Waals surface area contributed by atoms with Gasteiger partial charge in [0.25, 0.3) is 15.8 Å². The minimum atomic E-state index is -3.72. The van der Waals surface area contributed by atoms with Gasteiger partial charge in [0.05, 0.1) is 17.8 Å². The Morgan fingerprint density at radius 3 is 1.94 bits per heavy atom. The van der Waals surface area contributed by atoms with Gasteiger partial charge in [-0.25, -0.2) is 8.42 Å². The van der Waals surface area contributed by atoms with Crippen molar-refractivity contribution in [2.24, 2.45) is 0 Å². The maximum Gasteiger partial charge on any atom is 0.292 e. The molecule has 1 aliphatic rings. The molecule has 11 nitrogen and oxygen atoms in total. The van der Waals surface area contributed by atoms with E-state index < -0.39 is 10.1 Å². The molecule has 0 unspecified atom stereocenters. The van der Waals surface area contributed by atoms with Crippen molar-refractivity contribution in [3.63, 3.8) is 0 Å². The molecule has 1 heterocycles. The van der Waals surface area contributed by atoms with Crippen molar-refractivity contribution in [3.05, 3.63) is 40.7 Å². The van der Waals surface area contributed by atoms with E-state index in [1.165, 1.54) is 6.07 Å². The number of rotatable bonds is 8. The number of halogens is 9. The second-order valence-corrected chi connectivity index (χ2v) is 7.34. The lowest BCUT2D eigenvalue weighted by Crippen LogP contribution is -2.24. The van der Waals surface area contributed by atoms with Gasteiger partial charge in [-0.05, 0) is 18.6 Å². The first-order valence-electron chi connectivity index (χ1n) is 8.57. The van der Waals surface area contributed by atoms with Crippen LogP contribution in [-0.4, -0.2) is 63.3 Å². The Hall–Kier alpha value is 4.00. The largest absolute Gasteiger partial charge is 0.707 e. The molecule has 2 rings (SSSR count). The van der Waals surface area contributed by atoms with E-state index in [1.807, 2.05) is 7.05 Å². The third-order valence-electron chi connectivity index (χ3n) is 3.47. The summed E-state index contributed by atoms with van der Waals surface area (Å²) in [5.74, 6) is 0. The molecular formula is C15H25I9N5O6S-. The normalized spacial score (nSPS) is 10.6. The smallest absolute Gasteiger partial charge is 0.292 e. The van der Waals surface area contributed by atoms with Crippen LogP contribution in [0.3, 0.4) is 0 Å². The average molecular weight is 1550 g/mol. The molecule has 216 valence electrons. The monoisotopic (exact) mass is 1550 g/mol. The molecule has 0 radical (unpaired) electrons. The van der Waals surface area contributed by atoms with Gasteiger partial charge in [0.15, 0.2) is 0 Å².